The van der Waals surface area contributed by atoms with Gasteiger partial charge in [-0.05, 0) is 37.1 Å². The summed E-state index contributed by atoms with van der Waals surface area (Å²) in [5.74, 6) is -0.294. The number of nitrogens with one attached hydrogen (secondary N) is 1. The third-order valence-electron chi connectivity index (χ3n) is 5.79. The normalized spacial score (nSPS) is 11.8. The molecule has 0 aromatic heterocycles. The molecule has 1 N–H and O–H groups in total. The van der Waals surface area contributed by atoms with E-state index < -0.39 is 8.07 Å². The van der Waals surface area contributed by atoms with E-state index in [1.54, 1.807) is 6.08 Å². The molecule has 0 saturated heterocycles. The summed E-state index contributed by atoms with van der Waals surface area (Å²) in [7, 11) is -0.807. The number of unbranched alkanes of at least 4 members (excludes halogenated alkanes) is 11. The van der Waals surface area contributed by atoms with Gasteiger partial charge in [0.1, 0.15) is 0 Å². The predicted octanol–water partition coefficient (Wildman–Crippen LogP) is 8.69. The third kappa shape index (κ3) is 17.1. The van der Waals surface area contributed by atoms with Crippen LogP contribution in [0.5, 0.6) is 0 Å². The number of rotatable bonds is 19. The fourth-order valence-corrected chi connectivity index (χ4v) is 5.16. The Morgan fingerprint density at radius 1 is 0.812 bits per heavy atom. The van der Waals surface area contributed by atoms with Gasteiger partial charge in [0.05, 0.1) is 6.61 Å². The van der Waals surface area contributed by atoms with Crippen molar-refractivity contribution in [3.05, 3.63) is 35.9 Å². The van der Waals surface area contributed by atoms with Crippen LogP contribution in [0, 0.1) is 0 Å². The average molecular weight is 460 g/mol. The third-order valence-corrected chi connectivity index (χ3v) is 7.65. The maximum Gasteiger partial charge on any atom is 0.330 e. The van der Waals surface area contributed by atoms with E-state index in [2.05, 4.69) is 37.1 Å². The average Bonchev–Trinajstić information content (AvgIpc) is 2.75. The Labute approximate surface area is 199 Å². The second-order valence-corrected chi connectivity index (χ2v) is 15.8. The minimum absolute atomic E-state index is 0.294. The maximum atomic E-state index is 11.3. The van der Waals surface area contributed by atoms with E-state index >= 15 is 0 Å². The summed E-state index contributed by atoms with van der Waals surface area (Å²) in [5.41, 5.74) is 2.14. The van der Waals surface area contributed by atoms with Crippen molar-refractivity contribution in [2.45, 2.75) is 110 Å². The summed E-state index contributed by atoms with van der Waals surface area (Å²) in [6.45, 7) is 10.7. The standard InChI is InChI=1S/C28H49NO2Si/c1-5-31-28(30)23-20-26-18-21-27(22-19-26)29-24-16-14-12-10-8-6-7-9-11-13-15-17-25-32(2,3)4/h18-23,29H,5-17,24-25H2,1-4H3. The number of benzene rings is 1. The first-order valence-corrected chi connectivity index (χ1v) is 16.8. The van der Waals surface area contributed by atoms with Crippen LogP contribution in [0.4, 0.5) is 5.69 Å². The smallest absolute Gasteiger partial charge is 0.330 e. The summed E-state index contributed by atoms with van der Waals surface area (Å²) in [5, 5.41) is 3.49. The van der Waals surface area contributed by atoms with Crippen molar-refractivity contribution in [3.8, 4) is 0 Å². The molecule has 182 valence electrons. The van der Waals surface area contributed by atoms with Crippen LogP contribution in [0.25, 0.3) is 6.08 Å². The predicted molar refractivity (Wildman–Crippen MR) is 144 cm³/mol. The van der Waals surface area contributed by atoms with Gasteiger partial charge in [-0.1, -0.05) is 108 Å². The number of hydrogen-bond acceptors (Lipinski definition) is 3. The fourth-order valence-electron chi connectivity index (χ4n) is 3.85. The van der Waals surface area contributed by atoms with Crippen LogP contribution in [-0.2, 0) is 9.53 Å². The van der Waals surface area contributed by atoms with Crippen LogP contribution in [0.3, 0.4) is 0 Å². The lowest BCUT2D eigenvalue weighted by Gasteiger charge is -2.14. The molecule has 0 atom stereocenters. The van der Waals surface area contributed by atoms with E-state index in [1.807, 2.05) is 19.1 Å². The van der Waals surface area contributed by atoms with Gasteiger partial charge in [0.2, 0.25) is 0 Å². The SMILES string of the molecule is CCOC(=O)C=Cc1ccc(NCCCCCCCCCCCCCC[Si](C)(C)C)cc1. The highest BCUT2D eigenvalue weighted by molar-refractivity contribution is 6.76. The number of carbonyl (C=O) groups excluding carboxylic acids is 1. The summed E-state index contributed by atoms with van der Waals surface area (Å²) >= 11 is 0. The monoisotopic (exact) mass is 459 g/mol. The van der Waals surface area contributed by atoms with Gasteiger partial charge in [-0.3, -0.25) is 0 Å². The zero-order valence-corrected chi connectivity index (χ0v) is 22.4. The highest BCUT2D eigenvalue weighted by atomic mass is 28.3. The molecule has 32 heavy (non-hydrogen) atoms. The lowest BCUT2D eigenvalue weighted by Crippen LogP contribution is -2.18. The molecule has 4 heteroatoms. The second kappa shape index (κ2) is 17.9. The lowest BCUT2D eigenvalue weighted by molar-refractivity contribution is -0.137. The van der Waals surface area contributed by atoms with E-state index in [-0.39, 0.29) is 5.97 Å². The van der Waals surface area contributed by atoms with Gasteiger partial charge in [-0.25, -0.2) is 4.79 Å². The molecule has 0 aliphatic carbocycles. The van der Waals surface area contributed by atoms with Gasteiger partial charge in [0.15, 0.2) is 0 Å². The Balaban J connectivity index is 1.91. The summed E-state index contributed by atoms with van der Waals surface area (Å²) < 4.78 is 4.89. The summed E-state index contributed by atoms with van der Waals surface area (Å²) in [6.07, 6.45) is 20.0. The molecule has 0 fully saturated rings. The largest absolute Gasteiger partial charge is 0.463 e. The molecule has 0 amide bonds. The van der Waals surface area contributed by atoms with Crippen LogP contribution < -0.4 is 5.32 Å². The van der Waals surface area contributed by atoms with Crippen LogP contribution >= 0.6 is 0 Å². The minimum Gasteiger partial charge on any atom is -0.463 e. The second-order valence-electron chi connectivity index (χ2n) is 10.2. The van der Waals surface area contributed by atoms with Crippen LogP contribution in [0.15, 0.2) is 30.3 Å². The molecule has 0 aliphatic rings. The van der Waals surface area contributed by atoms with Gasteiger partial charge in [0, 0.05) is 26.4 Å². The van der Waals surface area contributed by atoms with Crippen molar-refractivity contribution in [2.75, 3.05) is 18.5 Å². The number of hydrogen-bond donors (Lipinski definition) is 1. The first-order valence-electron chi connectivity index (χ1n) is 13.1. The summed E-state index contributed by atoms with van der Waals surface area (Å²) in [6, 6.07) is 9.68. The Morgan fingerprint density at radius 3 is 1.81 bits per heavy atom. The Hall–Kier alpha value is -1.55. The van der Waals surface area contributed by atoms with Gasteiger partial charge in [0.25, 0.3) is 0 Å². The molecular weight excluding hydrogens is 410 g/mol. The molecule has 1 aromatic carbocycles. The quantitative estimate of drug-likeness (QED) is 0.0972. The molecule has 0 saturated carbocycles. The van der Waals surface area contributed by atoms with Gasteiger partial charge in [-0.2, -0.15) is 0 Å². The molecule has 1 rings (SSSR count). The topological polar surface area (TPSA) is 38.3 Å². The zero-order valence-electron chi connectivity index (χ0n) is 21.4. The van der Waals surface area contributed by atoms with Crippen LogP contribution in [0.2, 0.25) is 25.7 Å². The first kappa shape index (κ1) is 28.5. The van der Waals surface area contributed by atoms with Gasteiger partial charge >= 0.3 is 5.97 Å². The molecule has 0 bridgehead atoms. The fraction of sp³-hybridized carbons (Fsp3) is 0.679. The molecule has 0 heterocycles. The Kier molecular flexibility index (Phi) is 16.0. The Bertz CT molecular complexity index is 619. The lowest BCUT2D eigenvalue weighted by atomic mass is 10.1. The molecule has 0 aliphatic heterocycles. The molecule has 0 spiro atoms. The minimum atomic E-state index is -0.807. The zero-order chi connectivity index (χ0) is 23.5. The van der Waals surface area contributed by atoms with E-state index in [0.29, 0.717) is 6.61 Å². The van der Waals surface area contributed by atoms with Crippen molar-refractivity contribution in [1.82, 2.24) is 0 Å². The van der Waals surface area contributed by atoms with Crippen molar-refractivity contribution < 1.29 is 9.53 Å². The number of carbonyl (C=O) groups is 1. The number of anilines is 1. The van der Waals surface area contributed by atoms with E-state index in [9.17, 15) is 4.79 Å². The maximum absolute atomic E-state index is 11.3. The molecule has 3 nitrogen and oxygen atoms in total. The van der Waals surface area contributed by atoms with E-state index in [0.717, 1.165) is 17.8 Å². The van der Waals surface area contributed by atoms with Crippen molar-refractivity contribution >= 4 is 25.8 Å². The first-order chi connectivity index (χ1) is 15.4. The number of esters is 1. The van der Waals surface area contributed by atoms with E-state index in [1.165, 1.54) is 89.2 Å². The molecule has 1 aromatic rings. The van der Waals surface area contributed by atoms with Crippen molar-refractivity contribution in [2.24, 2.45) is 0 Å². The van der Waals surface area contributed by atoms with Crippen molar-refractivity contribution in [1.29, 1.82) is 0 Å². The molecule has 0 unspecified atom stereocenters. The highest BCUT2D eigenvalue weighted by Gasteiger charge is 2.11. The number of ether oxygens (including phenoxy) is 1. The molecular formula is C28H49NO2Si. The van der Waals surface area contributed by atoms with Crippen LogP contribution in [0.1, 0.15) is 89.5 Å². The summed E-state index contributed by atoms with van der Waals surface area (Å²) in [4.78, 5) is 11.3. The van der Waals surface area contributed by atoms with Gasteiger partial charge < -0.3 is 10.1 Å². The van der Waals surface area contributed by atoms with E-state index in [4.69, 9.17) is 4.74 Å². The Morgan fingerprint density at radius 2 is 1.31 bits per heavy atom. The molecule has 0 radical (unpaired) electrons. The van der Waals surface area contributed by atoms with Crippen LogP contribution in [-0.4, -0.2) is 27.2 Å². The highest BCUT2D eigenvalue weighted by Crippen LogP contribution is 2.17. The van der Waals surface area contributed by atoms with Crippen molar-refractivity contribution in [3.63, 3.8) is 0 Å². The van der Waals surface area contributed by atoms with Gasteiger partial charge in [-0.15, -0.1) is 0 Å².